The molecule has 1 aliphatic rings. The van der Waals surface area contributed by atoms with Gasteiger partial charge in [0.05, 0.1) is 6.10 Å². The maximum absolute atomic E-state index is 12.3. The van der Waals surface area contributed by atoms with Gasteiger partial charge in [0.15, 0.2) is 5.82 Å². The fourth-order valence-electron chi connectivity index (χ4n) is 2.46. The van der Waals surface area contributed by atoms with E-state index in [2.05, 4.69) is 15.5 Å². The van der Waals surface area contributed by atoms with Crippen molar-refractivity contribution in [3.63, 3.8) is 0 Å². The van der Waals surface area contributed by atoms with Crippen LogP contribution >= 0.6 is 0 Å². The van der Waals surface area contributed by atoms with E-state index in [1.807, 2.05) is 20.8 Å². The van der Waals surface area contributed by atoms with Gasteiger partial charge < -0.3 is 15.8 Å². The van der Waals surface area contributed by atoms with E-state index in [0.29, 0.717) is 13.0 Å². The molecule has 0 saturated heterocycles. The highest BCUT2D eigenvalue weighted by Gasteiger charge is 2.62. The average molecular weight is 280 g/mol. The Kier molecular flexibility index (Phi) is 3.66. The highest BCUT2D eigenvalue weighted by Crippen LogP contribution is 2.50. The van der Waals surface area contributed by atoms with Crippen LogP contribution in [-0.2, 0) is 9.53 Å². The zero-order valence-electron chi connectivity index (χ0n) is 11.9. The van der Waals surface area contributed by atoms with Crippen molar-refractivity contribution in [2.45, 2.75) is 38.8 Å². The predicted molar refractivity (Wildman–Crippen MR) is 74.2 cm³/mol. The van der Waals surface area contributed by atoms with Gasteiger partial charge in [-0.3, -0.25) is 9.59 Å². The Morgan fingerprint density at radius 2 is 2.30 bits per heavy atom. The third-order valence-electron chi connectivity index (χ3n) is 4.16. The van der Waals surface area contributed by atoms with Gasteiger partial charge in [-0.1, -0.05) is 13.8 Å². The van der Waals surface area contributed by atoms with Crippen LogP contribution in [0.1, 0.15) is 27.2 Å². The first-order valence-electron chi connectivity index (χ1n) is 6.59. The van der Waals surface area contributed by atoms with E-state index in [-0.39, 0.29) is 23.4 Å². The summed E-state index contributed by atoms with van der Waals surface area (Å²) >= 11 is 0. The van der Waals surface area contributed by atoms with E-state index >= 15 is 0 Å². The number of ether oxygens (including phenoxy) is 1. The Balaban J connectivity index is 2.10. The number of carbonyl (C=O) groups is 1. The summed E-state index contributed by atoms with van der Waals surface area (Å²) in [4.78, 5) is 23.3. The van der Waals surface area contributed by atoms with Crippen LogP contribution in [0.25, 0.3) is 0 Å². The lowest BCUT2D eigenvalue weighted by molar-refractivity contribution is -0.166. The van der Waals surface area contributed by atoms with Gasteiger partial charge in [-0.05, 0) is 13.0 Å². The summed E-state index contributed by atoms with van der Waals surface area (Å²) in [6.45, 7) is 6.33. The lowest BCUT2D eigenvalue weighted by atomic mass is 9.54. The highest BCUT2D eigenvalue weighted by atomic mass is 16.5. The monoisotopic (exact) mass is 280 g/mol. The third-order valence-corrected chi connectivity index (χ3v) is 4.16. The van der Waals surface area contributed by atoms with Gasteiger partial charge in [-0.25, -0.2) is 5.10 Å². The van der Waals surface area contributed by atoms with E-state index in [4.69, 9.17) is 10.5 Å². The molecule has 1 aromatic heterocycles. The summed E-state index contributed by atoms with van der Waals surface area (Å²) in [5.74, 6) is -0.0481. The number of amides is 1. The maximum atomic E-state index is 12.3. The van der Waals surface area contributed by atoms with Crippen molar-refractivity contribution >= 4 is 11.7 Å². The predicted octanol–water partition coefficient (Wildman–Crippen LogP) is 0.241. The van der Waals surface area contributed by atoms with Crippen molar-refractivity contribution < 1.29 is 9.53 Å². The second-order valence-corrected chi connectivity index (χ2v) is 5.60. The SMILES string of the molecule is CCOC1CC(N)(C(=O)Nc2ccc(=O)[nH]n2)C1(C)C. The number of nitrogens with two attached hydrogens (primary N) is 1. The van der Waals surface area contributed by atoms with Gasteiger partial charge in [0.25, 0.3) is 5.56 Å². The molecule has 110 valence electrons. The van der Waals surface area contributed by atoms with Crippen LogP contribution in [0, 0.1) is 5.41 Å². The number of nitrogens with zero attached hydrogens (tertiary/aromatic N) is 1. The smallest absolute Gasteiger partial charge is 0.264 e. The Bertz CT molecular complexity index is 548. The number of aromatic nitrogens is 2. The first kappa shape index (κ1) is 14.7. The van der Waals surface area contributed by atoms with Gasteiger partial charge in [-0.15, -0.1) is 0 Å². The van der Waals surface area contributed by atoms with Crippen molar-refractivity contribution in [2.24, 2.45) is 11.1 Å². The lowest BCUT2D eigenvalue weighted by Crippen LogP contribution is -2.74. The first-order valence-corrected chi connectivity index (χ1v) is 6.59. The van der Waals surface area contributed by atoms with Crippen LogP contribution in [0.4, 0.5) is 5.82 Å². The quantitative estimate of drug-likeness (QED) is 0.732. The minimum atomic E-state index is -1.01. The molecule has 0 bridgehead atoms. The van der Waals surface area contributed by atoms with E-state index in [1.165, 1.54) is 12.1 Å². The molecule has 1 saturated carbocycles. The molecule has 1 aliphatic carbocycles. The summed E-state index contributed by atoms with van der Waals surface area (Å²) in [7, 11) is 0. The Morgan fingerprint density at radius 1 is 1.60 bits per heavy atom. The number of carbonyl (C=O) groups excluding carboxylic acids is 1. The maximum Gasteiger partial charge on any atom is 0.264 e. The molecule has 2 unspecified atom stereocenters. The lowest BCUT2D eigenvalue weighted by Gasteiger charge is -2.57. The number of nitrogens with one attached hydrogen (secondary N) is 2. The molecule has 4 N–H and O–H groups in total. The standard InChI is InChI=1S/C13H20N4O3/c1-4-20-8-7-13(14,12(8,2)3)11(19)15-9-5-6-10(18)17-16-9/h5-6,8H,4,7,14H2,1-3H3,(H,17,18)(H,15,16,19). The fourth-order valence-corrected chi connectivity index (χ4v) is 2.46. The molecule has 1 aromatic rings. The molecule has 0 aliphatic heterocycles. The van der Waals surface area contributed by atoms with Crippen LogP contribution in [0.2, 0.25) is 0 Å². The van der Waals surface area contributed by atoms with Crippen molar-refractivity contribution in [3.8, 4) is 0 Å². The molecule has 0 spiro atoms. The average Bonchev–Trinajstić information content (AvgIpc) is 2.40. The van der Waals surface area contributed by atoms with Crippen molar-refractivity contribution in [3.05, 3.63) is 22.5 Å². The largest absolute Gasteiger partial charge is 0.378 e. The molecule has 7 nitrogen and oxygen atoms in total. The van der Waals surface area contributed by atoms with Crippen LogP contribution < -0.4 is 16.6 Å². The second-order valence-electron chi connectivity index (χ2n) is 5.60. The molecule has 0 aromatic carbocycles. The van der Waals surface area contributed by atoms with Gasteiger partial charge in [0, 0.05) is 24.5 Å². The number of hydrogen-bond donors (Lipinski definition) is 3. The first-order chi connectivity index (χ1) is 9.31. The summed E-state index contributed by atoms with van der Waals surface area (Å²) in [6, 6.07) is 2.73. The second kappa shape index (κ2) is 4.99. The molecule has 1 amide bonds. The Morgan fingerprint density at radius 3 is 2.80 bits per heavy atom. The number of hydrogen-bond acceptors (Lipinski definition) is 5. The Hall–Kier alpha value is -1.73. The molecular weight excluding hydrogens is 260 g/mol. The van der Waals surface area contributed by atoms with Gasteiger partial charge in [0.2, 0.25) is 5.91 Å². The molecule has 1 fully saturated rings. The summed E-state index contributed by atoms with van der Waals surface area (Å²) in [6.07, 6.45) is 0.426. The van der Waals surface area contributed by atoms with Crippen LogP contribution in [0.15, 0.2) is 16.9 Å². The molecular formula is C13H20N4O3. The number of H-pyrrole nitrogens is 1. The molecule has 0 radical (unpaired) electrons. The van der Waals surface area contributed by atoms with Gasteiger partial charge in [0.1, 0.15) is 5.54 Å². The van der Waals surface area contributed by atoms with Crippen LogP contribution in [0.5, 0.6) is 0 Å². The number of aromatic amines is 1. The zero-order valence-corrected chi connectivity index (χ0v) is 11.9. The van der Waals surface area contributed by atoms with Crippen molar-refractivity contribution in [1.82, 2.24) is 10.2 Å². The zero-order chi connectivity index (χ0) is 15.0. The third kappa shape index (κ3) is 2.23. The minimum Gasteiger partial charge on any atom is -0.378 e. The minimum absolute atomic E-state index is 0.0354. The highest BCUT2D eigenvalue weighted by molar-refractivity contribution is 5.99. The molecule has 2 rings (SSSR count). The van der Waals surface area contributed by atoms with Crippen molar-refractivity contribution in [1.29, 1.82) is 0 Å². The Labute approximate surface area is 116 Å². The van der Waals surface area contributed by atoms with Crippen molar-refractivity contribution in [2.75, 3.05) is 11.9 Å². The summed E-state index contributed by atoms with van der Waals surface area (Å²) in [5, 5.41) is 8.62. The van der Waals surface area contributed by atoms with Crippen LogP contribution in [-0.4, -0.2) is 34.4 Å². The fraction of sp³-hybridized carbons (Fsp3) is 0.615. The van der Waals surface area contributed by atoms with Gasteiger partial charge >= 0.3 is 0 Å². The van der Waals surface area contributed by atoms with E-state index < -0.39 is 11.0 Å². The molecule has 2 atom stereocenters. The molecule has 7 heteroatoms. The van der Waals surface area contributed by atoms with Crippen LogP contribution in [0.3, 0.4) is 0 Å². The van der Waals surface area contributed by atoms with E-state index in [1.54, 1.807) is 0 Å². The number of anilines is 1. The summed E-state index contributed by atoms with van der Waals surface area (Å²) < 4.78 is 5.58. The summed E-state index contributed by atoms with van der Waals surface area (Å²) in [5.41, 5.74) is 4.43. The van der Waals surface area contributed by atoms with E-state index in [0.717, 1.165) is 0 Å². The van der Waals surface area contributed by atoms with Gasteiger partial charge in [-0.2, -0.15) is 5.10 Å². The molecule has 20 heavy (non-hydrogen) atoms. The normalized spacial score (nSPS) is 27.7. The number of rotatable bonds is 4. The van der Waals surface area contributed by atoms with E-state index in [9.17, 15) is 9.59 Å². The molecule has 1 heterocycles. The topological polar surface area (TPSA) is 110 Å².